The number of hydrogen-bond acceptors (Lipinski definition) is 11. The Morgan fingerprint density at radius 1 is 1.06 bits per heavy atom. The van der Waals surface area contributed by atoms with Crippen LogP contribution in [0.5, 0.6) is 0 Å². The number of aromatic nitrogens is 4. The minimum Gasteiger partial charge on any atom is -0.481 e. The lowest BCUT2D eigenvalue weighted by atomic mass is 10.2. The number of rotatable bonds is 10. The number of anilines is 3. The molecule has 3 aromatic rings. The Balaban J connectivity index is 1.67. The third kappa shape index (κ3) is 5.98. The van der Waals surface area contributed by atoms with Crippen molar-refractivity contribution < 1.29 is 28.2 Å². The van der Waals surface area contributed by atoms with E-state index in [1.165, 1.54) is 30.5 Å². The van der Waals surface area contributed by atoms with Gasteiger partial charge in [0.1, 0.15) is 6.04 Å². The third-order valence-electron chi connectivity index (χ3n) is 4.38. The zero-order valence-electron chi connectivity index (χ0n) is 17.0. The molecule has 2 heterocycles. The maximum atomic E-state index is 12.5. The van der Waals surface area contributed by atoms with Crippen molar-refractivity contribution in [1.82, 2.24) is 24.7 Å². The van der Waals surface area contributed by atoms with Crippen molar-refractivity contribution in [3.05, 3.63) is 36.2 Å². The van der Waals surface area contributed by atoms with Gasteiger partial charge in [-0.05, 0) is 30.7 Å². The SMILES string of the molecule is Nc1nc(N)c2nc(CNc3ccc(S(=O)(=O)NC(CCC(=O)O)C(=O)O)cc3)cnc2n1. The molecule has 14 nitrogen and oxygen atoms in total. The summed E-state index contributed by atoms with van der Waals surface area (Å²) >= 11 is 0. The molecule has 0 radical (unpaired) electrons. The Morgan fingerprint density at radius 2 is 1.76 bits per heavy atom. The van der Waals surface area contributed by atoms with E-state index in [9.17, 15) is 18.0 Å². The van der Waals surface area contributed by atoms with Gasteiger partial charge in [-0.25, -0.2) is 18.4 Å². The maximum Gasteiger partial charge on any atom is 0.321 e. The normalized spacial score (nSPS) is 12.4. The first-order valence-corrected chi connectivity index (χ1v) is 10.9. The van der Waals surface area contributed by atoms with Gasteiger partial charge in [-0.15, -0.1) is 0 Å². The molecule has 0 aliphatic carbocycles. The Labute approximate surface area is 187 Å². The number of fused-ring (bicyclic) bond motifs is 1. The summed E-state index contributed by atoms with van der Waals surface area (Å²) in [5.74, 6) is -2.62. The smallest absolute Gasteiger partial charge is 0.321 e. The van der Waals surface area contributed by atoms with Crippen LogP contribution in [0.4, 0.5) is 17.5 Å². The molecule has 15 heteroatoms. The van der Waals surface area contributed by atoms with Crippen LogP contribution in [-0.4, -0.2) is 56.5 Å². The largest absolute Gasteiger partial charge is 0.481 e. The van der Waals surface area contributed by atoms with Gasteiger partial charge in [0.05, 0.1) is 23.3 Å². The van der Waals surface area contributed by atoms with Crippen molar-refractivity contribution in [1.29, 1.82) is 0 Å². The number of nitrogens with two attached hydrogens (primary N) is 2. The maximum absolute atomic E-state index is 12.5. The lowest BCUT2D eigenvalue weighted by molar-refractivity contribution is -0.140. The van der Waals surface area contributed by atoms with Crippen LogP contribution in [0.3, 0.4) is 0 Å². The average molecular weight is 476 g/mol. The number of nitrogen functional groups attached to an aromatic ring is 2. The number of carboxylic acids is 2. The van der Waals surface area contributed by atoms with Crippen LogP contribution >= 0.6 is 0 Å². The monoisotopic (exact) mass is 476 g/mol. The molecular formula is C18H20N8O6S. The summed E-state index contributed by atoms with van der Waals surface area (Å²) in [6, 6.07) is 3.95. The van der Waals surface area contributed by atoms with Gasteiger partial charge >= 0.3 is 11.9 Å². The fourth-order valence-corrected chi connectivity index (χ4v) is 3.99. The molecule has 0 saturated heterocycles. The lowest BCUT2D eigenvalue weighted by Gasteiger charge is -2.14. The lowest BCUT2D eigenvalue weighted by Crippen LogP contribution is -2.41. The highest BCUT2D eigenvalue weighted by Gasteiger charge is 2.26. The summed E-state index contributed by atoms with van der Waals surface area (Å²) in [7, 11) is -4.18. The van der Waals surface area contributed by atoms with E-state index in [1.54, 1.807) is 0 Å². The van der Waals surface area contributed by atoms with E-state index in [2.05, 4.69) is 25.3 Å². The van der Waals surface area contributed by atoms with Crippen molar-refractivity contribution in [2.45, 2.75) is 30.3 Å². The molecule has 0 saturated carbocycles. The highest BCUT2D eigenvalue weighted by molar-refractivity contribution is 7.89. The fourth-order valence-electron chi connectivity index (χ4n) is 2.77. The molecule has 0 aliphatic rings. The van der Waals surface area contributed by atoms with Crippen LogP contribution in [0.1, 0.15) is 18.5 Å². The van der Waals surface area contributed by atoms with Crippen molar-refractivity contribution in [3.63, 3.8) is 0 Å². The Bertz CT molecular complexity index is 1300. The van der Waals surface area contributed by atoms with Crippen LogP contribution in [0.15, 0.2) is 35.4 Å². The second kappa shape index (κ2) is 9.58. The number of carbonyl (C=O) groups is 2. The third-order valence-corrected chi connectivity index (χ3v) is 5.87. The van der Waals surface area contributed by atoms with E-state index in [-0.39, 0.29) is 28.9 Å². The molecule has 1 atom stereocenters. The summed E-state index contributed by atoms with van der Waals surface area (Å²) in [4.78, 5) is 38.0. The zero-order chi connectivity index (χ0) is 24.2. The highest BCUT2D eigenvalue weighted by Crippen LogP contribution is 2.17. The van der Waals surface area contributed by atoms with Crippen molar-refractivity contribution in [2.75, 3.05) is 16.8 Å². The van der Waals surface area contributed by atoms with E-state index >= 15 is 0 Å². The van der Waals surface area contributed by atoms with Crippen molar-refractivity contribution in [2.24, 2.45) is 0 Å². The molecule has 0 amide bonds. The van der Waals surface area contributed by atoms with Crippen LogP contribution in [-0.2, 0) is 26.2 Å². The molecule has 0 bridgehead atoms. The summed E-state index contributed by atoms with van der Waals surface area (Å²) in [5, 5.41) is 20.9. The van der Waals surface area contributed by atoms with Gasteiger partial charge in [0.2, 0.25) is 16.0 Å². The highest BCUT2D eigenvalue weighted by atomic mass is 32.2. The van der Waals surface area contributed by atoms with Crippen LogP contribution in [0.2, 0.25) is 0 Å². The molecule has 1 aromatic carbocycles. The molecule has 8 N–H and O–H groups in total. The summed E-state index contributed by atoms with van der Waals surface area (Å²) in [5.41, 5.74) is 12.9. The van der Waals surface area contributed by atoms with Gasteiger partial charge in [0.15, 0.2) is 17.0 Å². The average Bonchev–Trinajstić information content (AvgIpc) is 2.75. The van der Waals surface area contributed by atoms with Crippen LogP contribution in [0.25, 0.3) is 11.2 Å². The zero-order valence-corrected chi connectivity index (χ0v) is 17.8. The molecule has 0 spiro atoms. The van der Waals surface area contributed by atoms with Gasteiger partial charge in [0.25, 0.3) is 0 Å². The first kappa shape index (κ1) is 23.6. The Kier molecular flexibility index (Phi) is 6.83. The minimum atomic E-state index is -4.18. The predicted molar refractivity (Wildman–Crippen MR) is 116 cm³/mol. The second-order valence-corrected chi connectivity index (χ2v) is 8.54. The summed E-state index contributed by atoms with van der Waals surface area (Å²) in [6.07, 6.45) is 0.594. The van der Waals surface area contributed by atoms with E-state index < -0.39 is 40.8 Å². The Morgan fingerprint density at radius 3 is 2.39 bits per heavy atom. The number of aliphatic carboxylic acids is 2. The molecule has 0 aliphatic heterocycles. The van der Waals surface area contributed by atoms with Gasteiger partial charge < -0.3 is 27.0 Å². The van der Waals surface area contributed by atoms with Crippen molar-refractivity contribution >= 4 is 50.6 Å². The van der Waals surface area contributed by atoms with E-state index in [1.807, 2.05) is 4.72 Å². The van der Waals surface area contributed by atoms with Crippen LogP contribution < -0.4 is 21.5 Å². The van der Waals surface area contributed by atoms with E-state index in [0.717, 1.165) is 0 Å². The minimum absolute atomic E-state index is 0.0127. The number of carboxylic acid groups (broad SMARTS) is 2. The predicted octanol–water partition coefficient (Wildman–Crippen LogP) is -0.207. The molecule has 1 unspecified atom stereocenters. The molecular weight excluding hydrogens is 456 g/mol. The number of hydrogen-bond donors (Lipinski definition) is 6. The topological polar surface area (TPSA) is 236 Å². The Hall–Kier alpha value is -4.11. The molecule has 0 fully saturated rings. The molecule has 174 valence electrons. The quantitative estimate of drug-likeness (QED) is 0.222. The fraction of sp³-hybridized carbons (Fsp3) is 0.222. The van der Waals surface area contributed by atoms with Gasteiger partial charge in [0, 0.05) is 12.1 Å². The number of nitrogens with one attached hydrogen (secondary N) is 2. The van der Waals surface area contributed by atoms with Gasteiger partial charge in [-0.3, -0.25) is 9.59 Å². The summed E-state index contributed by atoms with van der Waals surface area (Å²) < 4.78 is 26.9. The molecule has 33 heavy (non-hydrogen) atoms. The first-order chi connectivity index (χ1) is 15.5. The van der Waals surface area contributed by atoms with E-state index in [0.29, 0.717) is 16.9 Å². The van der Waals surface area contributed by atoms with E-state index in [4.69, 9.17) is 21.7 Å². The van der Waals surface area contributed by atoms with Crippen LogP contribution in [0, 0.1) is 0 Å². The standard InChI is InChI=1S/C18H20N8O6S/c19-15-14-16(25-18(20)24-15)22-8-10(23-14)7-21-9-1-3-11(4-2-9)33(31,32)26-12(17(29)30)5-6-13(27)28/h1-4,8,12,21,26H,5-7H2,(H,27,28)(H,29,30)(H4,19,20,22,24,25). The van der Waals surface area contributed by atoms with Gasteiger partial charge in [-0.2, -0.15) is 14.7 Å². The molecule has 2 aromatic heterocycles. The van der Waals surface area contributed by atoms with Crippen molar-refractivity contribution in [3.8, 4) is 0 Å². The number of nitrogens with zero attached hydrogens (tertiary/aromatic N) is 4. The van der Waals surface area contributed by atoms with Gasteiger partial charge in [-0.1, -0.05) is 0 Å². The summed E-state index contributed by atoms with van der Waals surface area (Å²) in [6.45, 7) is 0.230. The first-order valence-electron chi connectivity index (χ1n) is 9.40. The number of sulfonamides is 1. The second-order valence-electron chi connectivity index (χ2n) is 6.82. The number of benzene rings is 1. The molecule has 3 rings (SSSR count).